The third kappa shape index (κ3) is 3.61. The van der Waals surface area contributed by atoms with E-state index in [-0.39, 0.29) is 17.6 Å². The molecule has 2 amide bonds. The highest BCUT2D eigenvalue weighted by Crippen LogP contribution is 2.41. The van der Waals surface area contributed by atoms with Crippen LogP contribution in [0.5, 0.6) is 11.5 Å². The summed E-state index contributed by atoms with van der Waals surface area (Å²) in [6.07, 6.45) is 7.45. The van der Waals surface area contributed by atoms with Crippen LogP contribution in [0.4, 0.5) is 10.6 Å². The lowest BCUT2D eigenvalue weighted by Gasteiger charge is -2.36. The number of anilines is 1. The highest BCUT2D eigenvalue weighted by molar-refractivity contribution is 6.00. The topological polar surface area (TPSA) is 107 Å². The molecule has 4 aromatic rings. The molecule has 8 heteroatoms. The zero-order valence-corrected chi connectivity index (χ0v) is 18.7. The van der Waals surface area contributed by atoms with E-state index in [0.717, 1.165) is 59.3 Å². The van der Waals surface area contributed by atoms with Crippen molar-refractivity contribution >= 4 is 22.9 Å². The summed E-state index contributed by atoms with van der Waals surface area (Å²) in [7, 11) is 0. The van der Waals surface area contributed by atoms with Gasteiger partial charge >= 0.3 is 6.03 Å². The molecule has 1 saturated carbocycles. The number of nitrogens with one attached hydrogen (secondary N) is 2. The summed E-state index contributed by atoms with van der Waals surface area (Å²) in [4.78, 5) is 20.6. The molecule has 1 saturated heterocycles. The van der Waals surface area contributed by atoms with Crippen molar-refractivity contribution in [2.45, 2.75) is 37.3 Å². The van der Waals surface area contributed by atoms with Crippen molar-refractivity contribution in [3.63, 3.8) is 0 Å². The number of hydrogen-bond acceptors (Lipinski definition) is 5. The van der Waals surface area contributed by atoms with Gasteiger partial charge < -0.3 is 25.7 Å². The van der Waals surface area contributed by atoms with E-state index in [4.69, 9.17) is 10.5 Å². The van der Waals surface area contributed by atoms with Crippen LogP contribution in [0.25, 0.3) is 22.2 Å². The average molecular weight is 455 g/mol. The molecule has 172 valence electrons. The van der Waals surface area contributed by atoms with Crippen molar-refractivity contribution in [3.8, 4) is 22.6 Å². The van der Waals surface area contributed by atoms with Gasteiger partial charge in [-0.3, -0.25) is 0 Å². The molecular weight excluding hydrogens is 428 g/mol. The minimum absolute atomic E-state index is 0.0626. The first-order chi connectivity index (χ1) is 16.6. The van der Waals surface area contributed by atoms with Gasteiger partial charge in [0.25, 0.3) is 0 Å². The Bertz CT molecular complexity index is 1340. The van der Waals surface area contributed by atoms with Crippen molar-refractivity contribution in [2.75, 3.05) is 12.3 Å². The van der Waals surface area contributed by atoms with Crippen molar-refractivity contribution in [1.29, 1.82) is 0 Å². The molecule has 1 aliphatic heterocycles. The largest absolute Gasteiger partial charge is 0.457 e. The Hall–Kier alpha value is -4.07. The molecule has 1 spiro atoms. The molecule has 2 aliphatic rings. The van der Waals surface area contributed by atoms with E-state index in [0.29, 0.717) is 12.4 Å². The van der Waals surface area contributed by atoms with Crippen molar-refractivity contribution < 1.29 is 9.53 Å². The Morgan fingerprint density at radius 3 is 2.44 bits per heavy atom. The fraction of sp³-hybridized carbons (Fsp3) is 0.269. The van der Waals surface area contributed by atoms with E-state index < -0.39 is 0 Å². The lowest BCUT2D eigenvalue weighted by atomic mass is 9.80. The van der Waals surface area contributed by atoms with Crippen LogP contribution in [-0.2, 0) is 0 Å². The lowest BCUT2D eigenvalue weighted by Crippen LogP contribution is -2.46. The Balaban J connectivity index is 1.30. The Labute approximate surface area is 197 Å². The zero-order chi connectivity index (χ0) is 23.1. The first kappa shape index (κ1) is 20.5. The number of nitrogen functional groups attached to an aromatic ring is 1. The van der Waals surface area contributed by atoms with Crippen LogP contribution in [0.1, 0.15) is 31.7 Å². The first-order valence-electron chi connectivity index (χ1n) is 11.6. The van der Waals surface area contributed by atoms with Crippen LogP contribution >= 0.6 is 0 Å². The number of nitrogens with two attached hydrogens (primary N) is 1. The fourth-order valence-electron chi connectivity index (χ4n) is 5.25. The van der Waals surface area contributed by atoms with Crippen LogP contribution in [0, 0.1) is 0 Å². The molecule has 4 N–H and O–H groups in total. The second-order valence-electron chi connectivity index (χ2n) is 9.17. The summed E-state index contributed by atoms with van der Waals surface area (Å²) in [6.45, 7) is 0.697. The molecule has 0 atom stereocenters. The second-order valence-corrected chi connectivity index (χ2v) is 9.17. The van der Waals surface area contributed by atoms with Gasteiger partial charge in [0, 0.05) is 24.3 Å². The van der Waals surface area contributed by atoms with Crippen LogP contribution in [0.3, 0.4) is 0 Å². The van der Waals surface area contributed by atoms with E-state index in [1.165, 1.54) is 6.33 Å². The van der Waals surface area contributed by atoms with Gasteiger partial charge in [-0.1, -0.05) is 30.3 Å². The van der Waals surface area contributed by atoms with Gasteiger partial charge in [0.15, 0.2) is 0 Å². The molecule has 0 radical (unpaired) electrons. The third-order valence-corrected chi connectivity index (χ3v) is 7.05. The summed E-state index contributed by atoms with van der Waals surface area (Å²) in [5.41, 5.74) is 9.10. The number of carbonyl (C=O) groups is 1. The van der Waals surface area contributed by atoms with Gasteiger partial charge in [0.1, 0.15) is 29.3 Å². The SMILES string of the molecule is Nc1ncnc2c1c(-c1ccc(Oc3ccccc3)cc1)cn2C1CCC2(CC1)CNC(=O)N2. The molecular formula is C26H26N6O2. The van der Waals surface area contributed by atoms with Gasteiger partial charge in [0.05, 0.1) is 10.9 Å². The van der Waals surface area contributed by atoms with Crippen LogP contribution in [0.15, 0.2) is 67.1 Å². The molecule has 34 heavy (non-hydrogen) atoms. The lowest BCUT2D eigenvalue weighted by molar-refractivity contribution is 0.217. The Kier molecular flexibility index (Phi) is 4.86. The van der Waals surface area contributed by atoms with E-state index >= 15 is 0 Å². The Morgan fingerprint density at radius 1 is 1.00 bits per heavy atom. The quantitative estimate of drug-likeness (QED) is 0.416. The van der Waals surface area contributed by atoms with Crippen LogP contribution < -0.4 is 21.1 Å². The number of ether oxygens (including phenoxy) is 1. The second kappa shape index (κ2) is 8.06. The van der Waals surface area contributed by atoms with Crippen LogP contribution in [-0.4, -0.2) is 32.6 Å². The molecule has 2 aromatic carbocycles. The maximum atomic E-state index is 11.7. The normalized spacial score (nSPS) is 22.0. The number of hydrogen-bond donors (Lipinski definition) is 3. The average Bonchev–Trinajstić information content (AvgIpc) is 3.43. The molecule has 2 aromatic heterocycles. The number of fused-ring (bicyclic) bond motifs is 1. The smallest absolute Gasteiger partial charge is 0.315 e. The van der Waals surface area contributed by atoms with Crippen molar-refractivity contribution in [3.05, 3.63) is 67.1 Å². The number of urea groups is 1. The van der Waals surface area contributed by atoms with E-state index in [1.807, 2.05) is 54.6 Å². The maximum absolute atomic E-state index is 11.7. The molecule has 0 unspecified atom stereocenters. The Morgan fingerprint density at radius 2 is 1.74 bits per heavy atom. The third-order valence-electron chi connectivity index (χ3n) is 7.05. The summed E-state index contributed by atoms with van der Waals surface area (Å²) < 4.78 is 8.19. The fourth-order valence-corrected chi connectivity index (χ4v) is 5.25. The number of nitrogens with zero attached hydrogens (tertiary/aromatic N) is 3. The summed E-state index contributed by atoms with van der Waals surface area (Å²) >= 11 is 0. The van der Waals surface area contributed by atoms with Gasteiger partial charge in [-0.25, -0.2) is 14.8 Å². The molecule has 8 nitrogen and oxygen atoms in total. The number of para-hydroxylation sites is 1. The molecule has 1 aliphatic carbocycles. The minimum atomic E-state index is -0.123. The van der Waals surface area contributed by atoms with Crippen molar-refractivity contribution in [1.82, 2.24) is 25.2 Å². The molecule has 3 heterocycles. The van der Waals surface area contributed by atoms with Gasteiger partial charge in [-0.05, 0) is 55.5 Å². The molecule has 6 rings (SSSR count). The van der Waals surface area contributed by atoms with Gasteiger partial charge in [0.2, 0.25) is 0 Å². The first-order valence-corrected chi connectivity index (χ1v) is 11.6. The predicted molar refractivity (Wildman–Crippen MR) is 131 cm³/mol. The number of benzene rings is 2. The number of rotatable bonds is 4. The zero-order valence-electron chi connectivity index (χ0n) is 18.7. The maximum Gasteiger partial charge on any atom is 0.315 e. The van der Waals surface area contributed by atoms with Gasteiger partial charge in [-0.15, -0.1) is 0 Å². The van der Waals surface area contributed by atoms with E-state index in [2.05, 4.69) is 31.4 Å². The standard InChI is InChI=1S/C26H26N6O2/c27-23-22-21(17-6-8-20(9-7-17)34-19-4-2-1-3-5-19)14-32(24(22)30-16-29-23)18-10-12-26(13-11-18)15-28-25(33)31-26/h1-9,14,16,18H,10-13,15H2,(H2,27,29,30)(H2,28,31,33). The molecule has 0 bridgehead atoms. The predicted octanol–water partition coefficient (Wildman–Crippen LogP) is 4.64. The highest BCUT2D eigenvalue weighted by atomic mass is 16.5. The number of carbonyl (C=O) groups excluding carboxylic acids is 1. The number of amides is 2. The van der Waals surface area contributed by atoms with E-state index in [9.17, 15) is 4.79 Å². The summed E-state index contributed by atoms with van der Waals surface area (Å²) in [5, 5.41) is 6.91. The van der Waals surface area contributed by atoms with Crippen molar-refractivity contribution in [2.24, 2.45) is 0 Å². The summed E-state index contributed by atoms with van der Waals surface area (Å²) in [5.74, 6) is 2.05. The molecule has 2 fully saturated rings. The monoisotopic (exact) mass is 454 g/mol. The minimum Gasteiger partial charge on any atom is -0.457 e. The summed E-state index contributed by atoms with van der Waals surface area (Å²) in [6, 6.07) is 18.0. The van der Waals surface area contributed by atoms with E-state index in [1.54, 1.807) is 0 Å². The highest BCUT2D eigenvalue weighted by Gasteiger charge is 2.41. The van der Waals surface area contributed by atoms with Crippen LogP contribution in [0.2, 0.25) is 0 Å². The van der Waals surface area contributed by atoms with Gasteiger partial charge in [-0.2, -0.15) is 0 Å². The number of aromatic nitrogens is 3.